The van der Waals surface area contributed by atoms with E-state index < -0.39 is 6.04 Å². The van der Waals surface area contributed by atoms with Gasteiger partial charge in [0.2, 0.25) is 17.7 Å². The first kappa shape index (κ1) is 15.3. The largest absolute Gasteiger partial charge is 0.481 e. The van der Waals surface area contributed by atoms with Crippen molar-refractivity contribution in [2.45, 2.75) is 32.9 Å². The summed E-state index contributed by atoms with van der Waals surface area (Å²) in [7, 11) is 1.55. The van der Waals surface area contributed by atoms with Crippen molar-refractivity contribution in [2.75, 3.05) is 13.7 Å². The minimum atomic E-state index is -0.443. The quantitative estimate of drug-likeness (QED) is 0.877. The summed E-state index contributed by atoms with van der Waals surface area (Å²) in [5, 5.41) is 2.78. The van der Waals surface area contributed by atoms with E-state index in [0.717, 1.165) is 6.42 Å². The number of methoxy groups -OCH3 is 1. The number of carbonyl (C=O) groups excluding carboxylic acids is 2. The first-order chi connectivity index (χ1) is 10.0. The maximum absolute atomic E-state index is 12.5. The molecule has 2 atom stereocenters. The van der Waals surface area contributed by atoms with E-state index in [9.17, 15) is 9.59 Å². The molecule has 21 heavy (non-hydrogen) atoms. The van der Waals surface area contributed by atoms with Crippen LogP contribution in [0.2, 0.25) is 0 Å². The van der Waals surface area contributed by atoms with E-state index in [-0.39, 0.29) is 24.3 Å². The second-order valence-electron chi connectivity index (χ2n) is 5.30. The highest BCUT2D eigenvalue weighted by atomic mass is 16.5. The lowest BCUT2D eigenvalue weighted by Crippen LogP contribution is -2.59. The third-order valence-corrected chi connectivity index (χ3v) is 3.78. The zero-order chi connectivity index (χ0) is 15.4. The number of aromatic nitrogens is 1. The fourth-order valence-electron chi connectivity index (χ4n) is 2.34. The Kier molecular flexibility index (Phi) is 4.77. The molecule has 1 aromatic heterocycles. The number of hydrogen-bond donors (Lipinski definition) is 1. The van der Waals surface area contributed by atoms with Gasteiger partial charge in [-0.2, -0.15) is 0 Å². The number of piperazine rings is 1. The van der Waals surface area contributed by atoms with Crippen molar-refractivity contribution < 1.29 is 14.3 Å². The first-order valence-corrected chi connectivity index (χ1v) is 7.13. The van der Waals surface area contributed by atoms with E-state index in [4.69, 9.17) is 4.74 Å². The van der Waals surface area contributed by atoms with Gasteiger partial charge < -0.3 is 15.0 Å². The maximum Gasteiger partial charge on any atom is 0.246 e. The molecule has 2 heterocycles. The van der Waals surface area contributed by atoms with Gasteiger partial charge in [0.05, 0.1) is 19.3 Å². The van der Waals surface area contributed by atoms with Gasteiger partial charge in [-0.1, -0.05) is 26.3 Å². The number of rotatable bonds is 5. The van der Waals surface area contributed by atoms with Crippen LogP contribution in [0.5, 0.6) is 5.88 Å². The van der Waals surface area contributed by atoms with E-state index in [2.05, 4.69) is 10.3 Å². The lowest BCUT2D eigenvalue weighted by Gasteiger charge is -2.35. The van der Waals surface area contributed by atoms with Crippen molar-refractivity contribution in [2.24, 2.45) is 5.92 Å². The highest BCUT2D eigenvalue weighted by Gasteiger charge is 2.35. The number of carbonyl (C=O) groups is 2. The molecule has 6 heteroatoms. The molecule has 0 bridgehead atoms. The maximum atomic E-state index is 12.5. The molecule has 1 aliphatic rings. The molecule has 0 aliphatic carbocycles. The lowest BCUT2D eigenvalue weighted by molar-refractivity contribution is -0.146. The molecule has 0 aromatic carbocycles. The second-order valence-corrected chi connectivity index (χ2v) is 5.30. The summed E-state index contributed by atoms with van der Waals surface area (Å²) in [5.41, 5.74) is 0.709. The molecule has 1 fully saturated rings. The number of hydrogen-bond acceptors (Lipinski definition) is 4. The summed E-state index contributed by atoms with van der Waals surface area (Å²) in [6, 6.07) is 4.94. The Morgan fingerprint density at radius 1 is 1.48 bits per heavy atom. The number of ether oxygens (including phenoxy) is 1. The van der Waals surface area contributed by atoms with Crippen molar-refractivity contribution in [1.29, 1.82) is 0 Å². The topological polar surface area (TPSA) is 71.5 Å². The third kappa shape index (κ3) is 3.51. The Morgan fingerprint density at radius 3 is 2.90 bits per heavy atom. The second kappa shape index (κ2) is 6.56. The van der Waals surface area contributed by atoms with Crippen molar-refractivity contribution in [1.82, 2.24) is 15.2 Å². The van der Waals surface area contributed by atoms with Gasteiger partial charge in [-0.25, -0.2) is 4.98 Å². The molecule has 114 valence electrons. The molecule has 1 aromatic rings. The van der Waals surface area contributed by atoms with Crippen LogP contribution in [0.15, 0.2) is 18.2 Å². The van der Waals surface area contributed by atoms with Crippen LogP contribution in [0, 0.1) is 5.92 Å². The normalized spacial score (nSPS) is 20.1. The van der Waals surface area contributed by atoms with Crippen molar-refractivity contribution >= 4 is 11.8 Å². The van der Waals surface area contributed by atoms with E-state index in [0.29, 0.717) is 18.1 Å². The summed E-state index contributed by atoms with van der Waals surface area (Å²) in [6.45, 7) is 4.36. The molecule has 1 aliphatic heterocycles. The van der Waals surface area contributed by atoms with Gasteiger partial charge in [-0.15, -0.1) is 0 Å². The number of nitrogens with one attached hydrogen (secondary N) is 1. The fourth-order valence-corrected chi connectivity index (χ4v) is 2.34. The van der Waals surface area contributed by atoms with Crippen LogP contribution in [0.4, 0.5) is 0 Å². The molecular weight excluding hydrogens is 270 g/mol. The number of nitrogens with zero attached hydrogens (tertiary/aromatic N) is 2. The summed E-state index contributed by atoms with van der Waals surface area (Å²) in [4.78, 5) is 30.1. The fraction of sp³-hybridized carbons (Fsp3) is 0.533. The van der Waals surface area contributed by atoms with Gasteiger partial charge in [0, 0.05) is 6.07 Å². The predicted octanol–water partition coefficient (Wildman–Crippen LogP) is 0.963. The van der Waals surface area contributed by atoms with Crippen LogP contribution in [0.25, 0.3) is 0 Å². The monoisotopic (exact) mass is 291 g/mol. The van der Waals surface area contributed by atoms with Gasteiger partial charge in [0.15, 0.2) is 0 Å². The predicted molar refractivity (Wildman–Crippen MR) is 77.6 cm³/mol. The molecule has 2 rings (SSSR count). The molecule has 1 N–H and O–H groups in total. The highest BCUT2D eigenvalue weighted by molar-refractivity contribution is 5.94. The Hall–Kier alpha value is -2.11. The average molecular weight is 291 g/mol. The van der Waals surface area contributed by atoms with Gasteiger partial charge in [-0.05, 0) is 12.0 Å². The van der Waals surface area contributed by atoms with E-state index in [1.54, 1.807) is 18.1 Å². The summed E-state index contributed by atoms with van der Waals surface area (Å²) >= 11 is 0. The van der Waals surface area contributed by atoms with Crippen LogP contribution >= 0.6 is 0 Å². The van der Waals surface area contributed by atoms with E-state index in [1.807, 2.05) is 26.0 Å². The zero-order valence-electron chi connectivity index (χ0n) is 12.6. The van der Waals surface area contributed by atoms with Crippen LogP contribution in [0.3, 0.4) is 0 Å². The van der Waals surface area contributed by atoms with E-state index in [1.165, 1.54) is 0 Å². The van der Waals surface area contributed by atoms with Gasteiger partial charge in [0.25, 0.3) is 0 Å². The summed E-state index contributed by atoms with van der Waals surface area (Å²) in [5.74, 6) is 0.443. The molecule has 6 nitrogen and oxygen atoms in total. The Bertz CT molecular complexity index is 533. The lowest BCUT2D eigenvalue weighted by atomic mass is 9.96. The first-order valence-electron chi connectivity index (χ1n) is 7.13. The number of pyridine rings is 1. The summed E-state index contributed by atoms with van der Waals surface area (Å²) < 4.78 is 5.07. The van der Waals surface area contributed by atoms with Gasteiger partial charge in [0.1, 0.15) is 12.6 Å². The van der Waals surface area contributed by atoms with Crippen molar-refractivity contribution in [3.63, 3.8) is 0 Å². The summed E-state index contributed by atoms with van der Waals surface area (Å²) in [6.07, 6.45) is 0.835. The Balaban J connectivity index is 2.14. The van der Waals surface area contributed by atoms with Gasteiger partial charge in [-0.3, -0.25) is 9.59 Å². The molecule has 0 radical (unpaired) electrons. The highest BCUT2D eigenvalue weighted by Crippen LogP contribution is 2.16. The minimum absolute atomic E-state index is 0.0476. The standard InChI is InChI=1S/C15H21N3O3/c1-4-10(2)14-15(20)18(9-12(19)17-14)8-11-6-5-7-13(16-11)21-3/h5-7,10,14H,4,8-9H2,1-3H3,(H,17,19). The molecule has 2 amide bonds. The molecule has 1 saturated heterocycles. The van der Waals surface area contributed by atoms with E-state index >= 15 is 0 Å². The molecular formula is C15H21N3O3. The molecule has 0 spiro atoms. The SMILES string of the molecule is CCC(C)C1NC(=O)CN(Cc2cccc(OC)n2)C1=O. The third-order valence-electron chi connectivity index (χ3n) is 3.78. The Labute approximate surface area is 124 Å². The Morgan fingerprint density at radius 2 is 2.24 bits per heavy atom. The average Bonchev–Trinajstić information content (AvgIpc) is 2.50. The molecule has 0 saturated carbocycles. The van der Waals surface area contributed by atoms with Gasteiger partial charge >= 0.3 is 0 Å². The van der Waals surface area contributed by atoms with Crippen LogP contribution in [-0.4, -0.2) is 41.4 Å². The van der Waals surface area contributed by atoms with Crippen LogP contribution in [0.1, 0.15) is 26.0 Å². The number of amides is 2. The minimum Gasteiger partial charge on any atom is -0.481 e. The van der Waals surface area contributed by atoms with Crippen LogP contribution < -0.4 is 10.1 Å². The molecule has 2 unspecified atom stereocenters. The smallest absolute Gasteiger partial charge is 0.246 e. The zero-order valence-corrected chi connectivity index (χ0v) is 12.6. The van der Waals surface area contributed by atoms with Crippen LogP contribution in [-0.2, 0) is 16.1 Å². The van der Waals surface area contributed by atoms with Crippen molar-refractivity contribution in [3.8, 4) is 5.88 Å². The van der Waals surface area contributed by atoms with Crippen molar-refractivity contribution in [3.05, 3.63) is 23.9 Å².